The van der Waals surface area contributed by atoms with Crippen molar-refractivity contribution in [2.75, 3.05) is 7.11 Å². The Labute approximate surface area is 90.1 Å². The van der Waals surface area contributed by atoms with Crippen molar-refractivity contribution in [2.24, 2.45) is 0 Å². The van der Waals surface area contributed by atoms with E-state index in [1.807, 2.05) is 0 Å². The molecular formula is C10H10F2O4. The van der Waals surface area contributed by atoms with E-state index < -0.39 is 35.7 Å². The molecule has 0 amide bonds. The van der Waals surface area contributed by atoms with Crippen LogP contribution in [0.3, 0.4) is 0 Å². The fourth-order valence-electron chi connectivity index (χ4n) is 1.26. The Morgan fingerprint density at radius 1 is 1.44 bits per heavy atom. The molecule has 16 heavy (non-hydrogen) atoms. The largest absolute Gasteiger partial charge is 0.497 e. The quantitative estimate of drug-likeness (QED) is 0.825. The van der Waals surface area contributed by atoms with Gasteiger partial charge in [0.25, 0.3) is 0 Å². The number of aliphatic hydroxyl groups excluding tert-OH is 1. The summed E-state index contributed by atoms with van der Waals surface area (Å²) >= 11 is 0. The average Bonchev–Trinajstić information content (AvgIpc) is 2.15. The molecule has 0 aliphatic rings. The van der Waals surface area contributed by atoms with Gasteiger partial charge in [0.05, 0.1) is 25.2 Å². The lowest BCUT2D eigenvalue weighted by Crippen LogP contribution is -2.09. The van der Waals surface area contributed by atoms with E-state index in [0.717, 1.165) is 12.1 Å². The first-order valence-corrected chi connectivity index (χ1v) is 4.38. The van der Waals surface area contributed by atoms with Gasteiger partial charge in [-0.3, -0.25) is 4.79 Å². The van der Waals surface area contributed by atoms with Gasteiger partial charge in [0, 0.05) is 12.1 Å². The molecule has 0 unspecified atom stereocenters. The number of benzene rings is 1. The van der Waals surface area contributed by atoms with Crippen molar-refractivity contribution in [1.29, 1.82) is 0 Å². The van der Waals surface area contributed by atoms with Crippen LogP contribution >= 0.6 is 0 Å². The van der Waals surface area contributed by atoms with E-state index in [1.54, 1.807) is 0 Å². The first-order chi connectivity index (χ1) is 7.45. The van der Waals surface area contributed by atoms with E-state index in [-0.39, 0.29) is 5.75 Å². The number of carboxylic acid groups (broad SMARTS) is 1. The number of methoxy groups -OCH3 is 1. The molecule has 6 heteroatoms. The lowest BCUT2D eigenvalue weighted by atomic mass is 10.1. The SMILES string of the molecule is COc1cc(F)c([C@@H](O)CC(=O)O)c(F)c1. The summed E-state index contributed by atoms with van der Waals surface area (Å²) in [6.45, 7) is 0. The highest BCUT2D eigenvalue weighted by Gasteiger charge is 2.21. The first kappa shape index (κ1) is 12.4. The Hall–Kier alpha value is -1.69. The van der Waals surface area contributed by atoms with Gasteiger partial charge in [-0.05, 0) is 0 Å². The van der Waals surface area contributed by atoms with Gasteiger partial charge in [-0.15, -0.1) is 0 Å². The zero-order valence-corrected chi connectivity index (χ0v) is 8.41. The molecule has 0 radical (unpaired) electrons. The molecule has 0 bridgehead atoms. The highest BCUT2D eigenvalue weighted by Crippen LogP contribution is 2.27. The summed E-state index contributed by atoms with van der Waals surface area (Å²) in [7, 11) is 1.24. The Balaban J connectivity index is 3.08. The third-order valence-corrected chi connectivity index (χ3v) is 1.99. The molecule has 2 N–H and O–H groups in total. The van der Waals surface area contributed by atoms with Gasteiger partial charge in [-0.2, -0.15) is 0 Å². The second-order valence-electron chi connectivity index (χ2n) is 3.12. The molecule has 0 spiro atoms. The Kier molecular flexibility index (Phi) is 3.78. The van der Waals surface area contributed by atoms with E-state index in [0.29, 0.717) is 0 Å². The Bertz CT molecular complexity index is 383. The molecule has 0 aliphatic carbocycles. The van der Waals surface area contributed by atoms with Crippen LogP contribution in [-0.4, -0.2) is 23.3 Å². The van der Waals surface area contributed by atoms with Crippen molar-refractivity contribution < 1.29 is 28.5 Å². The molecule has 0 heterocycles. The number of rotatable bonds is 4. The standard InChI is InChI=1S/C10H10F2O4/c1-16-5-2-6(11)10(7(12)3-5)8(13)4-9(14)15/h2-3,8,13H,4H2,1H3,(H,14,15)/t8-/m0/s1. The Morgan fingerprint density at radius 2 is 1.94 bits per heavy atom. The number of halogens is 2. The maximum Gasteiger partial charge on any atom is 0.306 e. The van der Waals surface area contributed by atoms with E-state index >= 15 is 0 Å². The molecule has 1 aromatic carbocycles. The lowest BCUT2D eigenvalue weighted by molar-refractivity contribution is -0.139. The van der Waals surface area contributed by atoms with Crippen LogP contribution in [0.4, 0.5) is 8.78 Å². The number of aliphatic hydroxyl groups is 1. The van der Waals surface area contributed by atoms with Crippen molar-refractivity contribution in [2.45, 2.75) is 12.5 Å². The van der Waals surface area contributed by atoms with Crippen LogP contribution in [0, 0.1) is 11.6 Å². The third-order valence-electron chi connectivity index (χ3n) is 1.99. The van der Waals surface area contributed by atoms with Crippen LogP contribution in [0.5, 0.6) is 5.75 Å². The molecule has 1 rings (SSSR count). The van der Waals surface area contributed by atoms with Crippen molar-refractivity contribution in [3.63, 3.8) is 0 Å². The highest BCUT2D eigenvalue weighted by molar-refractivity contribution is 5.67. The minimum Gasteiger partial charge on any atom is -0.497 e. The van der Waals surface area contributed by atoms with Gasteiger partial charge in [-0.1, -0.05) is 0 Å². The fourth-order valence-corrected chi connectivity index (χ4v) is 1.26. The molecule has 0 aliphatic heterocycles. The van der Waals surface area contributed by atoms with E-state index in [4.69, 9.17) is 5.11 Å². The van der Waals surface area contributed by atoms with Crippen LogP contribution in [0.1, 0.15) is 18.1 Å². The van der Waals surface area contributed by atoms with E-state index in [2.05, 4.69) is 4.74 Å². The van der Waals surface area contributed by atoms with Gasteiger partial charge in [-0.25, -0.2) is 8.78 Å². The monoisotopic (exact) mass is 232 g/mol. The van der Waals surface area contributed by atoms with E-state index in [1.165, 1.54) is 7.11 Å². The zero-order chi connectivity index (χ0) is 12.3. The van der Waals surface area contributed by atoms with Gasteiger partial charge < -0.3 is 14.9 Å². The summed E-state index contributed by atoms with van der Waals surface area (Å²) in [4.78, 5) is 10.3. The number of carboxylic acids is 1. The minimum atomic E-state index is -1.72. The summed E-state index contributed by atoms with van der Waals surface area (Å²) in [5.41, 5.74) is -0.664. The van der Waals surface area contributed by atoms with Gasteiger partial charge in [0.15, 0.2) is 0 Å². The van der Waals surface area contributed by atoms with Gasteiger partial charge in [0.1, 0.15) is 17.4 Å². The molecule has 88 valence electrons. The summed E-state index contributed by atoms with van der Waals surface area (Å²) in [5.74, 6) is -3.46. The summed E-state index contributed by atoms with van der Waals surface area (Å²) < 4.78 is 31.3. The fraction of sp³-hybridized carbons (Fsp3) is 0.300. The summed E-state index contributed by atoms with van der Waals surface area (Å²) in [6, 6.07) is 1.76. The smallest absolute Gasteiger partial charge is 0.306 e. The maximum atomic E-state index is 13.3. The maximum absolute atomic E-state index is 13.3. The molecule has 4 nitrogen and oxygen atoms in total. The van der Waals surface area contributed by atoms with E-state index in [9.17, 15) is 18.7 Å². The Morgan fingerprint density at radius 3 is 2.31 bits per heavy atom. The van der Waals surface area contributed by atoms with Crippen LogP contribution in [-0.2, 0) is 4.79 Å². The second kappa shape index (κ2) is 4.89. The number of hydrogen-bond acceptors (Lipinski definition) is 3. The first-order valence-electron chi connectivity index (χ1n) is 4.38. The van der Waals surface area contributed by atoms with Crippen LogP contribution < -0.4 is 4.74 Å². The highest BCUT2D eigenvalue weighted by atomic mass is 19.1. The normalized spacial score (nSPS) is 12.2. The predicted molar refractivity (Wildman–Crippen MR) is 50.1 cm³/mol. The topological polar surface area (TPSA) is 66.8 Å². The molecule has 0 fully saturated rings. The molecular weight excluding hydrogens is 222 g/mol. The van der Waals surface area contributed by atoms with Crippen molar-refractivity contribution >= 4 is 5.97 Å². The van der Waals surface area contributed by atoms with Gasteiger partial charge in [0.2, 0.25) is 0 Å². The molecule has 1 aromatic rings. The lowest BCUT2D eigenvalue weighted by Gasteiger charge is -2.11. The second-order valence-corrected chi connectivity index (χ2v) is 3.12. The number of ether oxygens (including phenoxy) is 1. The zero-order valence-electron chi connectivity index (χ0n) is 8.41. The predicted octanol–water partition coefficient (Wildman–Crippen LogP) is 1.48. The number of hydrogen-bond donors (Lipinski definition) is 2. The van der Waals surface area contributed by atoms with Crippen molar-refractivity contribution in [3.05, 3.63) is 29.3 Å². The van der Waals surface area contributed by atoms with Crippen LogP contribution in [0.25, 0.3) is 0 Å². The summed E-state index contributed by atoms with van der Waals surface area (Å²) in [5, 5.41) is 17.7. The summed E-state index contributed by atoms with van der Waals surface area (Å²) in [6.07, 6.45) is -2.48. The number of aliphatic carboxylic acids is 1. The molecule has 1 atom stereocenters. The molecule has 0 aromatic heterocycles. The molecule has 0 saturated carbocycles. The van der Waals surface area contributed by atoms with Crippen LogP contribution in [0.15, 0.2) is 12.1 Å². The molecule has 0 saturated heterocycles. The van der Waals surface area contributed by atoms with Gasteiger partial charge >= 0.3 is 5.97 Å². The number of carbonyl (C=O) groups is 1. The van der Waals surface area contributed by atoms with Crippen LogP contribution in [0.2, 0.25) is 0 Å². The van der Waals surface area contributed by atoms with Crippen molar-refractivity contribution in [1.82, 2.24) is 0 Å². The minimum absolute atomic E-state index is 0.0405. The third kappa shape index (κ3) is 2.66. The van der Waals surface area contributed by atoms with Crippen molar-refractivity contribution in [3.8, 4) is 5.75 Å². The average molecular weight is 232 g/mol.